The Morgan fingerprint density at radius 2 is 2.33 bits per heavy atom. The average molecular weight is 269 g/mol. The molecule has 0 saturated carbocycles. The van der Waals surface area contributed by atoms with Gasteiger partial charge in [-0.2, -0.15) is 5.10 Å². The summed E-state index contributed by atoms with van der Waals surface area (Å²) in [6.07, 6.45) is 2.96. The first-order chi connectivity index (χ1) is 8.60. The minimum absolute atomic E-state index is 0.0124. The van der Waals surface area contributed by atoms with Crippen LogP contribution < -0.4 is 4.74 Å². The minimum Gasteiger partial charge on any atom is -0.494 e. The summed E-state index contributed by atoms with van der Waals surface area (Å²) in [5.74, 6) is -0.716. The second kappa shape index (κ2) is 5.18. The lowest BCUT2D eigenvalue weighted by Crippen LogP contribution is -2.11. The molecule has 18 heavy (non-hydrogen) atoms. The molecule has 0 N–H and O–H groups in total. The van der Waals surface area contributed by atoms with Gasteiger partial charge in [0.2, 0.25) is 0 Å². The topological polar surface area (TPSA) is 44.1 Å². The molecule has 0 bridgehead atoms. The molecule has 0 saturated heterocycles. The zero-order chi connectivity index (χ0) is 13.1. The quantitative estimate of drug-likeness (QED) is 0.801. The Morgan fingerprint density at radius 1 is 1.56 bits per heavy atom. The van der Waals surface area contributed by atoms with E-state index in [1.54, 1.807) is 0 Å². The first kappa shape index (κ1) is 12.6. The zero-order valence-corrected chi connectivity index (χ0v) is 10.3. The molecule has 0 atom stereocenters. The van der Waals surface area contributed by atoms with Gasteiger partial charge in [-0.1, -0.05) is 11.6 Å². The smallest absolute Gasteiger partial charge is 0.184 e. The van der Waals surface area contributed by atoms with Crippen LogP contribution >= 0.6 is 11.6 Å². The van der Waals surface area contributed by atoms with Crippen LogP contribution in [0.5, 0.6) is 5.75 Å². The third kappa shape index (κ3) is 2.68. The van der Waals surface area contributed by atoms with Crippen molar-refractivity contribution in [1.29, 1.82) is 0 Å². The van der Waals surface area contributed by atoms with Crippen LogP contribution in [0.15, 0.2) is 30.6 Å². The summed E-state index contributed by atoms with van der Waals surface area (Å²) in [5, 5.41) is 4.33. The van der Waals surface area contributed by atoms with Crippen LogP contribution in [-0.2, 0) is 6.54 Å². The third-order valence-corrected chi connectivity index (χ3v) is 2.58. The van der Waals surface area contributed by atoms with Gasteiger partial charge < -0.3 is 4.74 Å². The van der Waals surface area contributed by atoms with E-state index in [4.69, 9.17) is 16.3 Å². The fourth-order valence-electron chi connectivity index (χ4n) is 1.50. The van der Waals surface area contributed by atoms with E-state index < -0.39 is 5.82 Å². The van der Waals surface area contributed by atoms with Gasteiger partial charge in [-0.25, -0.2) is 4.39 Å². The van der Waals surface area contributed by atoms with E-state index in [-0.39, 0.29) is 23.6 Å². The van der Waals surface area contributed by atoms with Crippen molar-refractivity contribution in [2.75, 3.05) is 7.11 Å². The predicted octanol–water partition coefficient (Wildman–Crippen LogP) is 2.57. The lowest BCUT2D eigenvalue weighted by atomic mass is 10.1. The minimum atomic E-state index is -0.568. The summed E-state index contributed by atoms with van der Waals surface area (Å²) < 4.78 is 19.6. The number of ketones is 1. The van der Waals surface area contributed by atoms with Crippen molar-refractivity contribution >= 4 is 17.4 Å². The Morgan fingerprint density at radius 3 is 2.89 bits per heavy atom. The van der Waals surface area contributed by atoms with Crippen LogP contribution in [0, 0.1) is 5.82 Å². The Hall–Kier alpha value is -1.88. The molecule has 6 heteroatoms. The summed E-state index contributed by atoms with van der Waals surface area (Å²) in [6.45, 7) is 0.0124. The predicted molar refractivity (Wildman–Crippen MR) is 64.5 cm³/mol. The van der Waals surface area contributed by atoms with Gasteiger partial charge in [0, 0.05) is 11.8 Å². The maximum Gasteiger partial charge on any atom is 0.184 e. The molecule has 1 aromatic carbocycles. The number of carbonyl (C=O) groups is 1. The molecule has 0 aliphatic carbocycles. The lowest BCUT2D eigenvalue weighted by Gasteiger charge is -2.04. The van der Waals surface area contributed by atoms with Crippen molar-refractivity contribution in [3.63, 3.8) is 0 Å². The third-order valence-electron chi connectivity index (χ3n) is 2.38. The molecule has 1 heterocycles. The van der Waals surface area contributed by atoms with Crippen molar-refractivity contribution in [3.8, 4) is 5.75 Å². The van der Waals surface area contributed by atoms with Crippen LogP contribution in [0.3, 0.4) is 0 Å². The van der Waals surface area contributed by atoms with Crippen LogP contribution in [0.25, 0.3) is 0 Å². The molecule has 0 radical (unpaired) electrons. The second-order valence-corrected chi connectivity index (χ2v) is 4.07. The van der Waals surface area contributed by atoms with Crippen molar-refractivity contribution in [2.45, 2.75) is 6.54 Å². The lowest BCUT2D eigenvalue weighted by molar-refractivity contribution is 0.0967. The van der Waals surface area contributed by atoms with E-state index in [0.717, 1.165) is 6.07 Å². The van der Waals surface area contributed by atoms with Gasteiger partial charge >= 0.3 is 0 Å². The van der Waals surface area contributed by atoms with E-state index in [0.29, 0.717) is 5.02 Å². The number of benzene rings is 1. The first-order valence-electron chi connectivity index (χ1n) is 5.15. The maximum absolute atomic E-state index is 13.4. The fraction of sp³-hybridized carbons (Fsp3) is 0.167. The number of nitrogens with zero attached hydrogens (tertiary/aromatic N) is 2. The van der Waals surface area contributed by atoms with E-state index in [1.165, 1.54) is 36.3 Å². The van der Waals surface area contributed by atoms with Gasteiger partial charge in [0.15, 0.2) is 17.3 Å². The summed E-state index contributed by atoms with van der Waals surface area (Å²) >= 11 is 5.68. The Labute approximate surface area is 108 Å². The van der Waals surface area contributed by atoms with Crippen LogP contribution in [0.4, 0.5) is 4.39 Å². The number of ether oxygens (including phenoxy) is 1. The molecule has 0 spiro atoms. The molecule has 0 unspecified atom stereocenters. The molecule has 2 aromatic rings. The standard InChI is InChI=1S/C12H10ClFN2O2/c1-18-12-3-2-8(4-10(12)14)11(17)7-16-6-9(13)5-15-16/h2-6H,7H2,1H3. The Balaban J connectivity index is 2.16. The van der Waals surface area contributed by atoms with Crippen molar-refractivity contribution in [3.05, 3.63) is 47.0 Å². The molecule has 0 fully saturated rings. The highest BCUT2D eigenvalue weighted by molar-refractivity contribution is 6.30. The molecular formula is C12H10ClFN2O2. The van der Waals surface area contributed by atoms with Crippen molar-refractivity contribution in [2.24, 2.45) is 0 Å². The van der Waals surface area contributed by atoms with Gasteiger partial charge in [-0.15, -0.1) is 0 Å². The van der Waals surface area contributed by atoms with E-state index in [9.17, 15) is 9.18 Å². The van der Waals surface area contributed by atoms with Gasteiger partial charge in [-0.05, 0) is 18.2 Å². The number of hydrogen-bond acceptors (Lipinski definition) is 3. The number of hydrogen-bond donors (Lipinski definition) is 0. The van der Waals surface area contributed by atoms with Gasteiger partial charge in [-0.3, -0.25) is 9.48 Å². The summed E-state index contributed by atoms with van der Waals surface area (Å²) in [6, 6.07) is 4.07. The molecule has 4 nitrogen and oxygen atoms in total. The molecule has 2 rings (SSSR count). The number of methoxy groups -OCH3 is 1. The summed E-state index contributed by atoms with van der Waals surface area (Å²) in [7, 11) is 1.37. The highest BCUT2D eigenvalue weighted by Crippen LogP contribution is 2.18. The molecule has 0 aliphatic rings. The molecule has 0 amide bonds. The Bertz CT molecular complexity index is 583. The molecule has 94 valence electrons. The zero-order valence-electron chi connectivity index (χ0n) is 9.56. The first-order valence-corrected chi connectivity index (χ1v) is 5.52. The normalized spacial score (nSPS) is 10.4. The van der Waals surface area contributed by atoms with Crippen molar-refractivity contribution in [1.82, 2.24) is 9.78 Å². The molecule has 0 aliphatic heterocycles. The van der Waals surface area contributed by atoms with Crippen LogP contribution in [0.2, 0.25) is 5.02 Å². The SMILES string of the molecule is COc1ccc(C(=O)Cn2cc(Cl)cn2)cc1F. The van der Waals surface area contributed by atoms with Crippen LogP contribution in [-0.4, -0.2) is 22.7 Å². The van der Waals surface area contributed by atoms with Gasteiger partial charge in [0.1, 0.15) is 6.54 Å². The number of Topliss-reactive ketones (excluding diaryl/α,β-unsaturated/α-hetero) is 1. The summed E-state index contributed by atoms with van der Waals surface area (Å²) in [4.78, 5) is 11.9. The highest BCUT2D eigenvalue weighted by atomic mass is 35.5. The largest absolute Gasteiger partial charge is 0.494 e. The van der Waals surface area contributed by atoms with Gasteiger partial charge in [0.25, 0.3) is 0 Å². The number of halogens is 2. The van der Waals surface area contributed by atoms with E-state index in [1.807, 2.05) is 0 Å². The number of carbonyl (C=O) groups excluding carboxylic acids is 1. The molecule has 1 aromatic heterocycles. The maximum atomic E-state index is 13.4. The van der Waals surface area contributed by atoms with Gasteiger partial charge in [0.05, 0.1) is 18.3 Å². The molecular weight excluding hydrogens is 259 g/mol. The van der Waals surface area contributed by atoms with E-state index >= 15 is 0 Å². The second-order valence-electron chi connectivity index (χ2n) is 3.63. The van der Waals surface area contributed by atoms with E-state index in [2.05, 4.69) is 5.10 Å². The fourth-order valence-corrected chi connectivity index (χ4v) is 1.66. The number of rotatable bonds is 4. The Kier molecular flexibility index (Phi) is 3.62. The van der Waals surface area contributed by atoms with Crippen LogP contribution in [0.1, 0.15) is 10.4 Å². The average Bonchev–Trinajstić information content (AvgIpc) is 2.74. The highest BCUT2D eigenvalue weighted by Gasteiger charge is 2.11. The van der Waals surface area contributed by atoms with Crippen molar-refractivity contribution < 1.29 is 13.9 Å². The number of aromatic nitrogens is 2. The summed E-state index contributed by atoms with van der Waals surface area (Å²) in [5.41, 5.74) is 0.264. The monoisotopic (exact) mass is 268 g/mol.